The normalized spacial score (nSPS) is 27.6. The van der Waals surface area contributed by atoms with Gasteiger partial charge in [0.15, 0.2) is 0 Å². The molecule has 3 atom stereocenters. The number of hydrogen-bond acceptors (Lipinski definition) is 4. The second kappa shape index (κ2) is 5.35. The number of nitrogen functional groups attached to an aromatic ring is 1. The van der Waals surface area contributed by atoms with Crippen molar-refractivity contribution >= 4 is 11.6 Å². The molecule has 0 aliphatic carbocycles. The molecule has 106 valence electrons. The van der Waals surface area contributed by atoms with E-state index >= 15 is 0 Å². The maximum absolute atomic E-state index is 6.04. The van der Waals surface area contributed by atoms with Crippen LogP contribution in [0.2, 0.25) is 0 Å². The van der Waals surface area contributed by atoms with Gasteiger partial charge in [-0.3, -0.25) is 0 Å². The third kappa shape index (κ3) is 2.67. The molecule has 1 aromatic rings. The smallest absolute Gasteiger partial charge is 0.137 e. The molecule has 0 saturated carbocycles. The number of hydrogen-bond donors (Lipinski definition) is 1. The second-order valence-electron chi connectivity index (χ2n) is 6.04. The summed E-state index contributed by atoms with van der Waals surface area (Å²) in [5.74, 6) is 3.89. The Labute approximate surface area is 116 Å². The van der Waals surface area contributed by atoms with Crippen LogP contribution in [0.3, 0.4) is 0 Å². The fraction of sp³-hybridized carbons (Fsp3) is 0.733. The van der Waals surface area contributed by atoms with E-state index in [1.165, 1.54) is 6.42 Å². The zero-order valence-electron chi connectivity index (χ0n) is 12.8. The van der Waals surface area contributed by atoms with Gasteiger partial charge in [-0.1, -0.05) is 20.8 Å². The molecule has 0 spiro atoms. The van der Waals surface area contributed by atoms with E-state index in [1.54, 1.807) is 0 Å². The Kier molecular flexibility index (Phi) is 3.97. The molecule has 2 N–H and O–H groups in total. The standard InChI is InChI=1S/C15H26N4/c1-6-13-17-14(16)11(4)15(18-13)19-8-9(2)7-10(3)12(19)5/h9-10,12H,6-8H2,1-5H3,(H2,16,17,18). The summed E-state index contributed by atoms with van der Waals surface area (Å²) in [6, 6.07) is 0.508. The van der Waals surface area contributed by atoms with Crippen LogP contribution >= 0.6 is 0 Å². The highest BCUT2D eigenvalue weighted by Crippen LogP contribution is 2.33. The van der Waals surface area contributed by atoms with Crippen molar-refractivity contribution in [3.8, 4) is 0 Å². The SMILES string of the molecule is CCc1nc(N)c(C)c(N2CC(C)CC(C)C2C)n1. The van der Waals surface area contributed by atoms with Crippen molar-refractivity contribution in [3.63, 3.8) is 0 Å². The number of anilines is 2. The van der Waals surface area contributed by atoms with Gasteiger partial charge in [0, 0.05) is 24.6 Å². The van der Waals surface area contributed by atoms with Crippen molar-refractivity contribution in [1.82, 2.24) is 9.97 Å². The number of rotatable bonds is 2. The molecule has 0 amide bonds. The van der Waals surface area contributed by atoms with Gasteiger partial charge in [0.2, 0.25) is 0 Å². The summed E-state index contributed by atoms with van der Waals surface area (Å²) in [4.78, 5) is 11.5. The average Bonchev–Trinajstić information content (AvgIpc) is 2.37. The Morgan fingerprint density at radius 2 is 1.95 bits per heavy atom. The van der Waals surface area contributed by atoms with Crippen LogP contribution in [0.15, 0.2) is 0 Å². The van der Waals surface area contributed by atoms with E-state index in [-0.39, 0.29) is 0 Å². The average molecular weight is 262 g/mol. The lowest BCUT2D eigenvalue weighted by molar-refractivity contribution is 0.295. The van der Waals surface area contributed by atoms with E-state index in [2.05, 4.69) is 37.6 Å². The number of aromatic nitrogens is 2. The van der Waals surface area contributed by atoms with E-state index in [0.29, 0.717) is 23.7 Å². The van der Waals surface area contributed by atoms with Gasteiger partial charge in [0.05, 0.1) is 0 Å². The highest BCUT2D eigenvalue weighted by molar-refractivity contribution is 5.57. The molecule has 1 saturated heterocycles. The van der Waals surface area contributed by atoms with E-state index in [9.17, 15) is 0 Å². The van der Waals surface area contributed by atoms with Gasteiger partial charge in [-0.15, -0.1) is 0 Å². The molecular formula is C15H26N4. The molecule has 1 aliphatic heterocycles. The minimum Gasteiger partial charge on any atom is -0.383 e. The van der Waals surface area contributed by atoms with Crippen LogP contribution in [0.5, 0.6) is 0 Å². The monoisotopic (exact) mass is 262 g/mol. The van der Waals surface area contributed by atoms with Crippen LogP contribution in [0.1, 0.15) is 45.5 Å². The van der Waals surface area contributed by atoms with E-state index in [4.69, 9.17) is 10.7 Å². The summed E-state index contributed by atoms with van der Waals surface area (Å²) in [7, 11) is 0. The van der Waals surface area contributed by atoms with Gasteiger partial charge in [-0.05, 0) is 32.1 Å². The van der Waals surface area contributed by atoms with E-state index in [1.807, 2.05) is 6.92 Å². The van der Waals surface area contributed by atoms with Crippen molar-refractivity contribution in [2.24, 2.45) is 11.8 Å². The molecule has 2 heterocycles. The fourth-order valence-corrected chi connectivity index (χ4v) is 3.00. The second-order valence-corrected chi connectivity index (χ2v) is 6.04. The van der Waals surface area contributed by atoms with E-state index in [0.717, 1.165) is 30.2 Å². The molecule has 3 unspecified atom stereocenters. The number of aryl methyl sites for hydroxylation is 1. The van der Waals surface area contributed by atoms with Crippen LogP contribution in [0, 0.1) is 18.8 Å². The first kappa shape index (κ1) is 14.1. The predicted molar refractivity (Wildman–Crippen MR) is 80.3 cm³/mol. The van der Waals surface area contributed by atoms with Crippen molar-refractivity contribution in [1.29, 1.82) is 0 Å². The van der Waals surface area contributed by atoms with Gasteiger partial charge in [0.1, 0.15) is 17.5 Å². The maximum atomic E-state index is 6.04. The molecule has 2 rings (SSSR count). The van der Waals surface area contributed by atoms with Crippen molar-refractivity contribution < 1.29 is 0 Å². The van der Waals surface area contributed by atoms with Crippen LogP contribution in [-0.2, 0) is 6.42 Å². The predicted octanol–water partition coefficient (Wildman–Crippen LogP) is 2.80. The van der Waals surface area contributed by atoms with Crippen molar-refractivity contribution in [3.05, 3.63) is 11.4 Å². The molecule has 1 aliphatic rings. The topological polar surface area (TPSA) is 55.0 Å². The molecule has 0 aromatic carbocycles. The minimum absolute atomic E-state index is 0.508. The van der Waals surface area contributed by atoms with Crippen LogP contribution < -0.4 is 10.6 Å². The summed E-state index contributed by atoms with van der Waals surface area (Å²) < 4.78 is 0. The Hall–Kier alpha value is -1.32. The van der Waals surface area contributed by atoms with Crippen molar-refractivity contribution in [2.75, 3.05) is 17.2 Å². The molecule has 0 bridgehead atoms. The van der Waals surface area contributed by atoms with Gasteiger partial charge in [0.25, 0.3) is 0 Å². The first-order valence-corrected chi connectivity index (χ1v) is 7.33. The summed E-state index contributed by atoms with van der Waals surface area (Å²) in [6.07, 6.45) is 2.11. The van der Waals surface area contributed by atoms with Gasteiger partial charge < -0.3 is 10.6 Å². The molecule has 1 aromatic heterocycles. The van der Waals surface area contributed by atoms with Gasteiger partial charge >= 0.3 is 0 Å². The van der Waals surface area contributed by atoms with E-state index < -0.39 is 0 Å². The molecule has 1 fully saturated rings. The third-order valence-electron chi connectivity index (χ3n) is 4.39. The minimum atomic E-state index is 0.508. The fourth-order valence-electron chi connectivity index (χ4n) is 3.00. The van der Waals surface area contributed by atoms with Gasteiger partial charge in [-0.2, -0.15) is 0 Å². The highest BCUT2D eigenvalue weighted by atomic mass is 15.2. The zero-order chi connectivity index (χ0) is 14.2. The van der Waals surface area contributed by atoms with Crippen LogP contribution in [0.4, 0.5) is 11.6 Å². The van der Waals surface area contributed by atoms with Crippen LogP contribution in [0.25, 0.3) is 0 Å². The lowest BCUT2D eigenvalue weighted by atomic mass is 9.86. The summed E-state index contributed by atoms with van der Waals surface area (Å²) in [5.41, 5.74) is 7.06. The highest BCUT2D eigenvalue weighted by Gasteiger charge is 2.31. The van der Waals surface area contributed by atoms with Gasteiger partial charge in [-0.25, -0.2) is 9.97 Å². The lowest BCUT2D eigenvalue weighted by Gasteiger charge is -2.42. The summed E-state index contributed by atoms with van der Waals surface area (Å²) >= 11 is 0. The first-order chi connectivity index (χ1) is 8.93. The summed E-state index contributed by atoms with van der Waals surface area (Å²) in [5, 5.41) is 0. The Morgan fingerprint density at radius 3 is 2.58 bits per heavy atom. The number of nitrogens with zero attached hydrogens (tertiary/aromatic N) is 3. The Balaban J connectivity index is 2.42. The largest absolute Gasteiger partial charge is 0.383 e. The van der Waals surface area contributed by atoms with Crippen molar-refractivity contribution in [2.45, 2.75) is 53.5 Å². The molecule has 19 heavy (non-hydrogen) atoms. The molecular weight excluding hydrogens is 236 g/mol. The Bertz CT molecular complexity index is 458. The lowest BCUT2D eigenvalue weighted by Crippen LogP contribution is -2.46. The first-order valence-electron chi connectivity index (χ1n) is 7.33. The third-order valence-corrected chi connectivity index (χ3v) is 4.39. The molecule has 0 radical (unpaired) electrons. The number of piperidine rings is 1. The van der Waals surface area contributed by atoms with Crippen LogP contribution in [-0.4, -0.2) is 22.6 Å². The Morgan fingerprint density at radius 1 is 1.26 bits per heavy atom. The quantitative estimate of drug-likeness (QED) is 0.890. The molecule has 4 heteroatoms. The zero-order valence-corrected chi connectivity index (χ0v) is 12.8. The summed E-state index contributed by atoms with van der Waals surface area (Å²) in [6.45, 7) is 12.1. The molecule has 4 nitrogen and oxygen atoms in total. The maximum Gasteiger partial charge on any atom is 0.137 e. The number of nitrogens with two attached hydrogens (primary N) is 1.